The van der Waals surface area contributed by atoms with Crippen molar-refractivity contribution in [1.29, 1.82) is 0 Å². The maximum Gasteiger partial charge on any atom is 0.229 e. The summed E-state index contributed by atoms with van der Waals surface area (Å²) >= 11 is 0. The first-order valence-corrected chi connectivity index (χ1v) is 10.5. The van der Waals surface area contributed by atoms with Crippen LogP contribution in [0.2, 0.25) is 0 Å². The molecule has 8 heteroatoms. The molecule has 3 N–H and O–H groups in total. The zero-order chi connectivity index (χ0) is 23.5. The Morgan fingerprint density at radius 1 is 1.16 bits per heavy atom. The lowest BCUT2D eigenvalue weighted by molar-refractivity contribution is -0.305. The highest BCUT2D eigenvalue weighted by atomic mass is 19.1. The smallest absolute Gasteiger partial charge is 0.229 e. The minimum atomic E-state index is -1.32. The third-order valence-corrected chi connectivity index (χ3v) is 5.56. The fraction of sp³-hybridized carbons (Fsp3) is 0.458. The second kappa shape index (κ2) is 9.95. The molecule has 0 radical (unpaired) electrons. The van der Waals surface area contributed by atoms with Crippen LogP contribution in [0.1, 0.15) is 26.3 Å². The van der Waals surface area contributed by atoms with Crippen molar-refractivity contribution in [3.05, 3.63) is 53.8 Å². The molecule has 1 fully saturated rings. The van der Waals surface area contributed by atoms with Crippen molar-refractivity contribution in [2.45, 2.75) is 57.4 Å². The Morgan fingerprint density at radius 2 is 1.84 bits per heavy atom. The van der Waals surface area contributed by atoms with Gasteiger partial charge in [0.05, 0.1) is 5.60 Å². The van der Waals surface area contributed by atoms with Crippen LogP contribution in [0.3, 0.4) is 0 Å². The largest absolute Gasteiger partial charge is 0.462 e. The topological polar surface area (TPSA) is 97.3 Å². The van der Waals surface area contributed by atoms with E-state index in [2.05, 4.69) is 5.32 Å². The predicted octanol–water partition coefficient (Wildman–Crippen LogP) is 2.42. The van der Waals surface area contributed by atoms with Gasteiger partial charge < -0.3 is 29.7 Å². The number of hydrogen-bond donors (Lipinski definition) is 3. The molecule has 1 heterocycles. The average molecular weight is 448 g/mol. The number of carbonyl (C=O) groups excluding carboxylic acids is 1. The summed E-state index contributed by atoms with van der Waals surface area (Å²) in [7, 11) is 1.45. The predicted molar refractivity (Wildman–Crippen MR) is 117 cm³/mol. The summed E-state index contributed by atoms with van der Waals surface area (Å²) in [5.41, 5.74) is 1.62. The Labute approximate surface area is 187 Å². The highest BCUT2D eigenvalue weighted by Gasteiger charge is 2.50. The molecule has 7 nitrogen and oxygen atoms in total. The molecule has 0 saturated carbocycles. The van der Waals surface area contributed by atoms with Gasteiger partial charge in [-0.3, -0.25) is 4.79 Å². The summed E-state index contributed by atoms with van der Waals surface area (Å²) in [4.78, 5) is 11.2. The van der Waals surface area contributed by atoms with Crippen LogP contribution >= 0.6 is 0 Å². The molecule has 4 atom stereocenters. The van der Waals surface area contributed by atoms with Crippen LogP contribution < -0.4 is 10.1 Å². The summed E-state index contributed by atoms with van der Waals surface area (Å²) in [5.74, 6) is -0.0497. The Balaban J connectivity index is 1.88. The minimum Gasteiger partial charge on any atom is -0.462 e. The molecule has 1 aliphatic rings. The fourth-order valence-electron chi connectivity index (χ4n) is 3.96. The highest BCUT2D eigenvalue weighted by Crippen LogP contribution is 2.34. The summed E-state index contributed by atoms with van der Waals surface area (Å²) in [6.45, 7) is 5.41. The normalized spacial score (nSPS) is 24.7. The first-order chi connectivity index (χ1) is 15.1. The van der Waals surface area contributed by atoms with E-state index in [0.717, 1.165) is 16.7 Å². The number of methoxy groups -OCH3 is 1. The molecule has 1 amide bonds. The van der Waals surface area contributed by atoms with Gasteiger partial charge >= 0.3 is 0 Å². The maximum absolute atomic E-state index is 13.4. The van der Waals surface area contributed by atoms with E-state index < -0.39 is 30.2 Å². The van der Waals surface area contributed by atoms with Crippen molar-refractivity contribution in [2.24, 2.45) is 0 Å². The zero-order valence-corrected chi connectivity index (χ0v) is 18.7. The number of rotatable bonds is 7. The summed E-state index contributed by atoms with van der Waals surface area (Å²) < 4.78 is 30.5. The second-order valence-electron chi connectivity index (χ2n) is 8.40. The van der Waals surface area contributed by atoms with Crippen LogP contribution in [0.4, 0.5) is 4.39 Å². The molecule has 2 aromatic rings. The highest BCUT2D eigenvalue weighted by molar-refractivity contribution is 5.73. The van der Waals surface area contributed by atoms with Gasteiger partial charge in [-0.15, -0.1) is 0 Å². The monoisotopic (exact) mass is 447 g/mol. The molecule has 0 bridgehead atoms. The SMILES string of the molecule is CO[C@@H]1[C@@H](O)[C@H](O)C(Oc2ccc(CCNC(C)=O)c(-c3ccc(F)cc3)c2)OC1(C)C. The van der Waals surface area contributed by atoms with Gasteiger partial charge in [-0.25, -0.2) is 4.39 Å². The second-order valence-corrected chi connectivity index (χ2v) is 8.40. The van der Waals surface area contributed by atoms with Crippen molar-refractivity contribution in [1.82, 2.24) is 5.32 Å². The van der Waals surface area contributed by atoms with Crippen molar-refractivity contribution < 1.29 is 33.6 Å². The Bertz CT molecular complexity index is 933. The standard InChI is InChI=1S/C24H30FNO6/c1-14(27)26-12-11-16-7-10-18(13-19(16)15-5-8-17(25)9-6-15)31-23-21(29)20(28)22(30-4)24(2,3)32-23/h5-10,13,20-23,28-29H,11-12H2,1-4H3,(H,26,27)/t20-,21-,22+,23?/m0/s1. The number of carbonyl (C=O) groups is 1. The van der Waals surface area contributed by atoms with Crippen LogP contribution in [0.15, 0.2) is 42.5 Å². The number of nitrogens with one attached hydrogen (secondary N) is 1. The number of halogens is 1. The third-order valence-electron chi connectivity index (χ3n) is 5.56. The van der Waals surface area contributed by atoms with Gasteiger partial charge in [0.1, 0.15) is 29.9 Å². The van der Waals surface area contributed by atoms with E-state index in [9.17, 15) is 19.4 Å². The van der Waals surface area contributed by atoms with Crippen LogP contribution in [0.5, 0.6) is 5.75 Å². The number of aliphatic hydroxyl groups excluding tert-OH is 2. The van der Waals surface area contributed by atoms with Crippen molar-refractivity contribution >= 4 is 5.91 Å². The van der Waals surface area contributed by atoms with Gasteiger partial charge in [0.2, 0.25) is 12.2 Å². The molecule has 32 heavy (non-hydrogen) atoms. The maximum atomic E-state index is 13.4. The lowest BCUT2D eigenvalue weighted by atomic mass is 9.89. The molecule has 1 saturated heterocycles. The van der Waals surface area contributed by atoms with E-state index in [1.165, 1.54) is 26.2 Å². The van der Waals surface area contributed by atoms with E-state index >= 15 is 0 Å². The molecular formula is C24H30FNO6. The van der Waals surface area contributed by atoms with E-state index in [1.54, 1.807) is 38.1 Å². The molecular weight excluding hydrogens is 417 g/mol. The lowest BCUT2D eigenvalue weighted by Gasteiger charge is -2.46. The van der Waals surface area contributed by atoms with Gasteiger partial charge in [-0.2, -0.15) is 0 Å². The number of ether oxygens (including phenoxy) is 3. The number of aliphatic hydroxyl groups is 2. The molecule has 3 rings (SSSR count). The third kappa shape index (κ3) is 5.45. The number of hydrogen-bond acceptors (Lipinski definition) is 6. The first-order valence-electron chi connectivity index (χ1n) is 10.5. The quantitative estimate of drug-likeness (QED) is 0.603. The zero-order valence-electron chi connectivity index (χ0n) is 18.7. The fourth-order valence-corrected chi connectivity index (χ4v) is 3.96. The summed E-state index contributed by atoms with van der Waals surface area (Å²) in [6, 6.07) is 11.4. The van der Waals surface area contributed by atoms with Crippen LogP contribution in [0.25, 0.3) is 11.1 Å². The lowest BCUT2D eigenvalue weighted by Crippen LogP contribution is -2.63. The summed E-state index contributed by atoms with van der Waals surface area (Å²) in [6.07, 6.45) is -3.78. The molecule has 1 aliphatic heterocycles. The molecule has 1 unspecified atom stereocenters. The van der Waals surface area contributed by atoms with E-state index in [4.69, 9.17) is 14.2 Å². The van der Waals surface area contributed by atoms with Gasteiger partial charge in [-0.1, -0.05) is 18.2 Å². The average Bonchev–Trinajstić information content (AvgIpc) is 2.73. The molecule has 0 aliphatic carbocycles. The number of amides is 1. The minimum absolute atomic E-state index is 0.118. The Morgan fingerprint density at radius 3 is 2.47 bits per heavy atom. The van der Waals surface area contributed by atoms with E-state index in [-0.39, 0.29) is 11.7 Å². The van der Waals surface area contributed by atoms with Gasteiger partial charge in [0.15, 0.2) is 0 Å². The van der Waals surface area contributed by atoms with Crippen LogP contribution in [0, 0.1) is 5.82 Å². The Hall–Kier alpha value is -2.52. The number of benzene rings is 2. The van der Waals surface area contributed by atoms with E-state index in [0.29, 0.717) is 18.7 Å². The van der Waals surface area contributed by atoms with Crippen LogP contribution in [-0.2, 0) is 20.7 Å². The van der Waals surface area contributed by atoms with Gasteiger partial charge in [-0.05, 0) is 61.2 Å². The van der Waals surface area contributed by atoms with Crippen LogP contribution in [-0.4, -0.2) is 60.0 Å². The summed E-state index contributed by atoms with van der Waals surface area (Å²) in [5, 5.41) is 23.7. The van der Waals surface area contributed by atoms with Gasteiger partial charge in [0.25, 0.3) is 0 Å². The van der Waals surface area contributed by atoms with E-state index in [1.807, 2.05) is 6.07 Å². The molecule has 174 valence electrons. The Kier molecular flexibility index (Phi) is 7.51. The molecule has 2 aromatic carbocycles. The molecule has 0 aromatic heterocycles. The first kappa shape index (κ1) is 24.1. The van der Waals surface area contributed by atoms with Crippen molar-refractivity contribution in [3.63, 3.8) is 0 Å². The van der Waals surface area contributed by atoms with Gasteiger partial charge in [0, 0.05) is 20.6 Å². The van der Waals surface area contributed by atoms with Crippen molar-refractivity contribution in [3.8, 4) is 16.9 Å². The van der Waals surface area contributed by atoms with Crippen molar-refractivity contribution in [2.75, 3.05) is 13.7 Å². The molecule has 0 spiro atoms.